The lowest BCUT2D eigenvalue weighted by Gasteiger charge is -2.16. The van der Waals surface area contributed by atoms with E-state index < -0.39 is 0 Å². The van der Waals surface area contributed by atoms with Gasteiger partial charge in [0, 0.05) is 11.5 Å². The molecule has 1 aromatic carbocycles. The summed E-state index contributed by atoms with van der Waals surface area (Å²) >= 11 is 0. The number of carbonyl (C=O) groups is 1. The molecule has 2 atom stereocenters. The number of hydrogen-bond acceptors (Lipinski definition) is 2. The molecule has 1 aromatic rings. The van der Waals surface area contributed by atoms with Gasteiger partial charge in [-0.05, 0) is 32.2 Å². The van der Waals surface area contributed by atoms with Crippen molar-refractivity contribution < 1.29 is 4.79 Å². The van der Waals surface area contributed by atoms with E-state index in [1.54, 1.807) is 0 Å². The molecule has 0 amide bonds. The Morgan fingerprint density at radius 1 is 1.31 bits per heavy atom. The molecular formula is C14H19NO. The second-order valence-electron chi connectivity index (χ2n) is 4.76. The number of rotatable bonds is 3. The van der Waals surface area contributed by atoms with Crippen molar-refractivity contribution in [2.75, 3.05) is 6.54 Å². The molecule has 1 aliphatic carbocycles. The first-order valence-corrected chi connectivity index (χ1v) is 6.03. The van der Waals surface area contributed by atoms with Crippen molar-refractivity contribution in [1.82, 2.24) is 0 Å². The van der Waals surface area contributed by atoms with Crippen LogP contribution in [0, 0.1) is 18.8 Å². The molecule has 0 heterocycles. The third kappa shape index (κ3) is 2.17. The molecule has 2 heteroatoms. The number of benzene rings is 1. The Hall–Kier alpha value is -1.15. The van der Waals surface area contributed by atoms with E-state index in [4.69, 9.17) is 5.73 Å². The summed E-state index contributed by atoms with van der Waals surface area (Å²) in [6.45, 7) is 2.68. The van der Waals surface area contributed by atoms with Crippen molar-refractivity contribution >= 4 is 5.78 Å². The van der Waals surface area contributed by atoms with E-state index >= 15 is 0 Å². The van der Waals surface area contributed by atoms with Crippen LogP contribution in [-0.4, -0.2) is 12.3 Å². The minimum absolute atomic E-state index is 0.160. The minimum Gasteiger partial charge on any atom is -0.330 e. The van der Waals surface area contributed by atoms with Crippen LogP contribution in [0.5, 0.6) is 0 Å². The summed E-state index contributed by atoms with van der Waals surface area (Å²) in [5.41, 5.74) is 7.75. The summed E-state index contributed by atoms with van der Waals surface area (Å²) in [7, 11) is 0. The summed E-state index contributed by atoms with van der Waals surface area (Å²) in [5, 5.41) is 0. The number of carbonyl (C=O) groups excluding carboxylic acids is 1. The zero-order valence-electron chi connectivity index (χ0n) is 9.78. The van der Waals surface area contributed by atoms with Crippen molar-refractivity contribution in [2.24, 2.45) is 17.6 Å². The van der Waals surface area contributed by atoms with Gasteiger partial charge in [-0.15, -0.1) is 0 Å². The maximum atomic E-state index is 12.3. The summed E-state index contributed by atoms with van der Waals surface area (Å²) < 4.78 is 0. The first-order chi connectivity index (χ1) is 7.72. The molecule has 0 spiro atoms. The van der Waals surface area contributed by atoms with Crippen molar-refractivity contribution in [1.29, 1.82) is 0 Å². The van der Waals surface area contributed by atoms with E-state index in [9.17, 15) is 4.79 Å². The van der Waals surface area contributed by atoms with E-state index in [0.29, 0.717) is 12.5 Å². The zero-order valence-corrected chi connectivity index (χ0v) is 9.78. The molecule has 86 valence electrons. The Bertz CT molecular complexity index is 369. The molecule has 1 fully saturated rings. The van der Waals surface area contributed by atoms with Crippen LogP contribution >= 0.6 is 0 Å². The molecule has 0 saturated heterocycles. The van der Waals surface area contributed by atoms with Crippen LogP contribution in [0.1, 0.15) is 35.2 Å². The van der Waals surface area contributed by atoms with Crippen molar-refractivity contribution in [3.8, 4) is 0 Å². The molecule has 16 heavy (non-hydrogen) atoms. The average Bonchev–Trinajstić information content (AvgIpc) is 2.77. The Kier molecular flexibility index (Phi) is 3.39. The SMILES string of the molecule is Cc1ccc(C(=O)C2CCCC2CN)cc1. The lowest BCUT2D eigenvalue weighted by Crippen LogP contribution is -2.25. The molecule has 2 N–H and O–H groups in total. The standard InChI is InChI=1S/C14H19NO/c1-10-5-7-11(8-6-10)14(16)13-4-2-3-12(13)9-15/h5-8,12-13H,2-4,9,15H2,1H3. The second-order valence-corrected chi connectivity index (χ2v) is 4.76. The highest BCUT2D eigenvalue weighted by Crippen LogP contribution is 2.33. The summed E-state index contributed by atoms with van der Waals surface area (Å²) in [6, 6.07) is 7.87. The maximum Gasteiger partial charge on any atom is 0.166 e. The highest BCUT2D eigenvalue weighted by atomic mass is 16.1. The lowest BCUT2D eigenvalue weighted by atomic mass is 9.88. The topological polar surface area (TPSA) is 43.1 Å². The van der Waals surface area contributed by atoms with Gasteiger partial charge in [0.05, 0.1) is 0 Å². The maximum absolute atomic E-state index is 12.3. The largest absolute Gasteiger partial charge is 0.330 e. The summed E-state index contributed by atoms with van der Waals surface area (Å²) in [4.78, 5) is 12.3. The number of aryl methyl sites for hydroxylation is 1. The van der Waals surface area contributed by atoms with Gasteiger partial charge < -0.3 is 5.73 Å². The molecular weight excluding hydrogens is 198 g/mol. The normalized spacial score (nSPS) is 24.6. The third-order valence-electron chi connectivity index (χ3n) is 3.63. The predicted octanol–water partition coefficient (Wildman–Crippen LogP) is 2.55. The number of nitrogens with two attached hydrogens (primary N) is 1. The Morgan fingerprint density at radius 3 is 2.62 bits per heavy atom. The molecule has 1 aliphatic rings. The lowest BCUT2D eigenvalue weighted by molar-refractivity contribution is 0.0893. The summed E-state index contributed by atoms with van der Waals surface area (Å²) in [6.07, 6.45) is 3.26. The van der Waals surface area contributed by atoms with Crippen molar-refractivity contribution in [3.05, 3.63) is 35.4 Å². The fourth-order valence-electron chi connectivity index (χ4n) is 2.60. The monoisotopic (exact) mass is 217 g/mol. The average molecular weight is 217 g/mol. The Morgan fingerprint density at radius 2 is 2.00 bits per heavy atom. The first-order valence-electron chi connectivity index (χ1n) is 6.03. The zero-order chi connectivity index (χ0) is 11.5. The van der Waals surface area contributed by atoms with Gasteiger partial charge in [0.2, 0.25) is 0 Å². The van der Waals surface area contributed by atoms with Gasteiger partial charge >= 0.3 is 0 Å². The van der Waals surface area contributed by atoms with Gasteiger partial charge in [0.1, 0.15) is 0 Å². The second kappa shape index (κ2) is 4.79. The van der Waals surface area contributed by atoms with Gasteiger partial charge in [-0.25, -0.2) is 0 Å². The highest BCUT2D eigenvalue weighted by molar-refractivity contribution is 5.98. The van der Waals surface area contributed by atoms with Crippen LogP contribution in [0.2, 0.25) is 0 Å². The van der Waals surface area contributed by atoms with Gasteiger partial charge in [-0.1, -0.05) is 36.2 Å². The highest BCUT2D eigenvalue weighted by Gasteiger charge is 2.32. The van der Waals surface area contributed by atoms with Crippen LogP contribution < -0.4 is 5.73 Å². The quantitative estimate of drug-likeness (QED) is 0.791. The van der Waals surface area contributed by atoms with E-state index in [0.717, 1.165) is 24.8 Å². The van der Waals surface area contributed by atoms with Gasteiger partial charge in [-0.2, -0.15) is 0 Å². The van der Waals surface area contributed by atoms with Crippen LogP contribution in [0.4, 0.5) is 0 Å². The summed E-state index contributed by atoms with van der Waals surface area (Å²) in [5.74, 6) is 0.842. The van der Waals surface area contributed by atoms with E-state index in [1.165, 1.54) is 5.56 Å². The van der Waals surface area contributed by atoms with Gasteiger partial charge in [0.15, 0.2) is 5.78 Å². The Balaban J connectivity index is 2.15. The van der Waals surface area contributed by atoms with Crippen LogP contribution in [0.15, 0.2) is 24.3 Å². The molecule has 2 rings (SSSR count). The minimum atomic E-state index is 0.160. The number of ketones is 1. The van der Waals surface area contributed by atoms with Gasteiger partial charge in [-0.3, -0.25) is 4.79 Å². The van der Waals surface area contributed by atoms with Crippen LogP contribution in [0.25, 0.3) is 0 Å². The molecule has 2 unspecified atom stereocenters. The molecule has 2 nitrogen and oxygen atoms in total. The molecule has 0 radical (unpaired) electrons. The number of Topliss-reactive ketones (excluding diaryl/α,β-unsaturated/α-hetero) is 1. The van der Waals surface area contributed by atoms with Gasteiger partial charge in [0.25, 0.3) is 0 Å². The van der Waals surface area contributed by atoms with Crippen LogP contribution in [-0.2, 0) is 0 Å². The smallest absolute Gasteiger partial charge is 0.166 e. The van der Waals surface area contributed by atoms with Crippen molar-refractivity contribution in [2.45, 2.75) is 26.2 Å². The number of hydrogen-bond donors (Lipinski definition) is 1. The van der Waals surface area contributed by atoms with E-state index in [-0.39, 0.29) is 11.7 Å². The van der Waals surface area contributed by atoms with Crippen molar-refractivity contribution in [3.63, 3.8) is 0 Å². The van der Waals surface area contributed by atoms with E-state index in [2.05, 4.69) is 0 Å². The Labute approximate surface area is 96.8 Å². The fourth-order valence-corrected chi connectivity index (χ4v) is 2.60. The van der Waals surface area contributed by atoms with Crippen LogP contribution in [0.3, 0.4) is 0 Å². The molecule has 1 saturated carbocycles. The predicted molar refractivity (Wildman–Crippen MR) is 65.4 cm³/mol. The molecule has 0 aromatic heterocycles. The molecule has 0 bridgehead atoms. The van der Waals surface area contributed by atoms with E-state index in [1.807, 2.05) is 31.2 Å². The molecule has 0 aliphatic heterocycles. The first kappa shape index (κ1) is 11.3. The third-order valence-corrected chi connectivity index (χ3v) is 3.63. The fraction of sp³-hybridized carbons (Fsp3) is 0.500.